The number of hydrogen-bond acceptors (Lipinski definition) is 6. The van der Waals surface area contributed by atoms with Crippen LogP contribution in [0.2, 0.25) is 0 Å². The third kappa shape index (κ3) is 3.97. The highest BCUT2D eigenvalue weighted by atomic mass is 19.4. The van der Waals surface area contributed by atoms with E-state index >= 15 is 0 Å². The number of nitrogens with zero attached hydrogens (tertiary/aromatic N) is 4. The Morgan fingerprint density at radius 1 is 0.857 bits per heavy atom. The van der Waals surface area contributed by atoms with Crippen LogP contribution >= 0.6 is 0 Å². The summed E-state index contributed by atoms with van der Waals surface area (Å²) in [6.45, 7) is 1.37. The highest BCUT2D eigenvalue weighted by molar-refractivity contribution is 5.67. The number of non-ortho nitro benzene ring substituents is 1. The molecule has 1 heterocycles. The molecule has 3 rings (SSSR count). The van der Waals surface area contributed by atoms with Crippen molar-refractivity contribution in [3.05, 3.63) is 68.3 Å². The van der Waals surface area contributed by atoms with Gasteiger partial charge in [-0.25, -0.2) is 0 Å². The van der Waals surface area contributed by atoms with E-state index in [2.05, 4.69) is 0 Å². The van der Waals surface area contributed by atoms with Gasteiger partial charge in [0.15, 0.2) is 0 Å². The fraction of sp³-hybridized carbons (Fsp3) is 0.294. The summed E-state index contributed by atoms with van der Waals surface area (Å²) >= 11 is 0. The Labute approximate surface area is 157 Å². The average molecular weight is 396 g/mol. The maximum atomic E-state index is 12.9. The number of piperazine rings is 1. The second-order valence-corrected chi connectivity index (χ2v) is 6.21. The molecule has 0 spiro atoms. The minimum Gasteiger partial charge on any atom is -0.368 e. The molecular weight excluding hydrogens is 381 g/mol. The van der Waals surface area contributed by atoms with Crippen molar-refractivity contribution in [2.24, 2.45) is 0 Å². The van der Waals surface area contributed by atoms with E-state index in [-0.39, 0.29) is 17.1 Å². The molecule has 0 aliphatic carbocycles. The van der Waals surface area contributed by atoms with Gasteiger partial charge >= 0.3 is 6.18 Å². The summed E-state index contributed by atoms with van der Waals surface area (Å²) in [6.07, 6.45) is -4.43. The van der Waals surface area contributed by atoms with Gasteiger partial charge in [0.2, 0.25) is 0 Å². The van der Waals surface area contributed by atoms with Crippen LogP contribution in [0.5, 0.6) is 0 Å². The van der Waals surface area contributed by atoms with Crippen molar-refractivity contribution < 1.29 is 23.0 Å². The van der Waals surface area contributed by atoms with Gasteiger partial charge in [0.25, 0.3) is 11.4 Å². The fourth-order valence-corrected chi connectivity index (χ4v) is 3.12. The third-order valence-corrected chi connectivity index (χ3v) is 4.53. The number of benzene rings is 2. The normalized spacial score (nSPS) is 14.8. The zero-order valence-electron chi connectivity index (χ0n) is 14.4. The number of hydrogen-bond donors (Lipinski definition) is 0. The molecule has 1 fully saturated rings. The summed E-state index contributed by atoms with van der Waals surface area (Å²) in [5, 5.41) is 22.1. The molecule has 148 valence electrons. The summed E-state index contributed by atoms with van der Waals surface area (Å²) in [6, 6.07) is 8.43. The van der Waals surface area contributed by atoms with Crippen LogP contribution in [0.15, 0.2) is 42.5 Å². The summed E-state index contributed by atoms with van der Waals surface area (Å²) in [4.78, 5) is 24.2. The topological polar surface area (TPSA) is 92.8 Å². The molecule has 0 saturated carbocycles. The van der Waals surface area contributed by atoms with Gasteiger partial charge in [0, 0.05) is 37.9 Å². The standard InChI is InChI=1S/C17H15F3N4O4/c18-17(19,20)12-2-1-3-13(10-12)21-6-8-22(9-7-21)15-5-4-14(23(25)26)11-16(15)24(27)28/h1-5,10-11H,6-9H2. The van der Waals surface area contributed by atoms with E-state index in [0.29, 0.717) is 31.9 Å². The predicted octanol–water partition coefficient (Wildman–Crippen LogP) is 3.85. The minimum absolute atomic E-state index is 0.249. The van der Waals surface area contributed by atoms with Gasteiger partial charge in [0.05, 0.1) is 21.5 Å². The highest BCUT2D eigenvalue weighted by Gasteiger charge is 2.31. The van der Waals surface area contributed by atoms with Gasteiger partial charge < -0.3 is 9.80 Å². The predicted molar refractivity (Wildman–Crippen MR) is 95.6 cm³/mol. The van der Waals surface area contributed by atoms with Crippen molar-refractivity contribution in [2.45, 2.75) is 6.18 Å². The van der Waals surface area contributed by atoms with Crippen molar-refractivity contribution in [1.82, 2.24) is 0 Å². The van der Waals surface area contributed by atoms with E-state index < -0.39 is 21.6 Å². The molecule has 2 aromatic rings. The molecule has 2 aromatic carbocycles. The van der Waals surface area contributed by atoms with Crippen LogP contribution in [0.1, 0.15) is 5.56 Å². The largest absolute Gasteiger partial charge is 0.416 e. The number of rotatable bonds is 4. The molecule has 1 aliphatic heterocycles. The smallest absolute Gasteiger partial charge is 0.368 e. The second kappa shape index (κ2) is 7.33. The number of halogens is 3. The van der Waals surface area contributed by atoms with Crippen LogP contribution in [0.3, 0.4) is 0 Å². The maximum Gasteiger partial charge on any atom is 0.416 e. The van der Waals surface area contributed by atoms with E-state index in [9.17, 15) is 33.4 Å². The fourth-order valence-electron chi connectivity index (χ4n) is 3.12. The van der Waals surface area contributed by atoms with Gasteiger partial charge in [-0.05, 0) is 24.3 Å². The van der Waals surface area contributed by atoms with Gasteiger partial charge in [-0.3, -0.25) is 20.2 Å². The Bertz CT molecular complexity index is 912. The molecule has 1 saturated heterocycles. The van der Waals surface area contributed by atoms with Gasteiger partial charge in [-0.15, -0.1) is 0 Å². The number of anilines is 2. The van der Waals surface area contributed by atoms with Crippen molar-refractivity contribution >= 4 is 22.7 Å². The first kappa shape index (κ1) is 19.4. The maximum absolute atomic E-state index is 12.9. The third-order valence-electron chi connectivity index (χ3n) is 4.53. The van der Waals surface area contributed by atoms with Crippen molar-refractivity contribution in [3.8, 4) is 0 Å². The Kier molecular flexibility index (Phi) is 5.08. The van der Waals surface area contributed by atoms with Gasteiger partial charge in [0.1, 0.15) is 5.69 Å². The number of nitro groups is 2. The summed E-state index contributed by atoms with van der Waals surface area (Å²) < 4.78 is 38.7. The van der Waals surface area contributed by atoms with E-state index in [1.165, 1.54) is 18.2 Å². The lowest BCUT2D eigenvalue weighted by atomic mass is 10.1. The average Bonchev–Trinajstić information content (AvgIpc) is 2.67. The van der Waals surface area contributed by atoms with E-state index in [1.807, 2.05) is 0 Å². The van der Waals surface area contributed by atoms with Crippen LogP contribution in [0.25, 0.3) is 0 Å². The van der Waals surface area contributed by atoms with Crippen molar-refractivity contribution in [1.29, 1.82) is 0 Å². The lowest BCUT2D eigenvalue weighted by Gasteiger charge is -2.37. The number of alkyl halides is 3. The minimum atomic E-state index is -4.43. The zero-order valence-corrected chi connectivity index (χ0v) is 14.4. The molecule has 0 radical (unpaired) electrons. The molecule has 0 aromatic heterocycles. The Hall–Kier alpha value is -3.37. The number of nitro benzene ring substituents is 2. The summed E-state index contributed by atoms with van der Waals surface area (Å²) in [5.74, 6) is 0. The molecule has 0 amide bonds. The molecule has 28 heavy (non-hydrogen) atoms. The Balaban J connectivity index is 1.78. The highest BCUT2D eigenvalue weighted by Crippen LogP contribution is 2.34. The molecule has 11 heteroatoms. The van der Waals surface area contributed by atoms with Crippen LogP contribution in [-0.2, 0) is 6.18 Å². The lowest BCUT2D eigenvalue weighted by Crippen LogP contribution is -2.46. The van der Waals surface area contributed by atoms with Crippen molar-refractivity contribution in [2.75, 3.05) is 36.0 Å². The first-order valence-corrected chi connectivity index (χ1v) is 8.27. The SMILES string of the molecule is O=[N+]([O-])c1ccc(N2CCN(c3cccc(C(F)(F)F)c3)CC2)c([N+](=O)[O-])c1. The lowest BCUT2D eigenvalue weighted by molar-refractivity contribution is -0.393. The monoisotopic (exact) mass is 396 g/mol. The van der Waals surface area contributed by atoms with Gasteiger partial charge in [-0.2, -0.15) is 13.2 Å². The molecule has 0 N–H and O–H groups in total. The summed E-state index contributed by atoms with van der Waals surface area (Å²) in [7, 11) is 0. The van der Waals surface area contributed by atoms with Crippen molar-refractivity contribution in [3.63, 3.8) is 0 Å². The molecule has 8 nitrogen and oxygen atoms in total. The van der Waals surface area contributed by atoms with Crippen LogP contribution in [0.4, 0.5) is 35.9 Å². The first-order chi connectivity index (χ1) is 13.2. The Morgan fingerprint density at radius 2 is 1.50 bits per heavy atom. The molecule has 0 unspecified atom stereocenters. The molecule has 1 aliphatic rings. The molecule has 0 bridgehead atoms. The molecular formula is C17H15F3N4O4. The van der Waals surface area contributed by atoms with Crippen LogP contribution < -0.4 is 9.80 Å². The second-order valence-electron chi connectivity index (χ2n) is 6.21. The van der Waals surface area contributed by atoms with E-state index in [0.717, 1.165) is 18.2 Å². The molecule has 0 atom stereocenters. The van der Waals surface area contributed by atoms with E-state index in [1.54, 1.807) is 15.9 Å². The van der Waals surface area contributed by atoms with E-state index in [4.69, 9.17) is 0 Å². The quantitative estimate of drug-likeness (QED) is 0.576. The Morgan fingerprint density at radius 3 is 2.07 bits per heavy atom. The zero-order chi connectivity index (χ0) is 20.5. The van der Waals surface area contributed by atoms with Crippen LogP contribution in [-0.4, -0.2) is 36.0 Å². The first-order valence-electron chi connectivity index (χ1n) is 8.27. The van der Waals surface area contributed by atoms with Crippen LogP contribution in [0, 0.1) is 20.2 Å². The summed E-state index contributed by atoms with van der Waals surface area (Å²) in [5.41, 5.74) is -0.815. The van der Waals surface area contributed by atoms with Gasteiger partial charge in [-0.1, -0.05) is 6.07 Å².